The first-order valence-corrected chi connectivity index (χ1v) is 4.87. The van der Waals surface area contributed by atoms with Crippen LogP contribution in [-0.4, -0.2) is 32.8 Å². The number of nitrogens with one attached hydrogen (secondary N) is 1. The van der Waals surface area contributed by atoms with Gasteiger partial charge in [0.1, 0.15) is 11.4 Å². The van der Waals surface area contributed by atoms with E-state index < -0.39 is 18.1 Å². The molecule has 0 bridgehead atoms. The van der Waals surface area contributed by atoms with Crippen molar-refractivity contribution in [3.63, 3.8) is 0 Å². The topological polar surface area (TPSA) is 88.1 Å². The molecule has 1 aromatic carbocycles. The summed E-state index contributed by atoms with van der Waals surface area (Å²) in [6, 6.07) is 4.63. The highest BCUT2D eigenvalue weighted by Crippen LogP contribution is 2.26. The minimum absolute atomic E-state index is 0.0334. The van der Waals surface area contributed by atoms with E-state index in [1.807, 2.05) is 0 Å². The Kier molecular flexibility index (Phi) is 3.11. The van der Waals surface area contributed by atoms with Crippen LogP contribution in [0.25, 0.3) is 11.3 Å². The predicted molar refractivity (Wildman–Crippen MR) is 55.5 cm³/mol. The van der Waals surface area contributed by atoms with Crippen LogP contribution >= 0.6 is 0 Å². The summed E-state index contributed by atoms with van der Waals surface area (Å²) in [6.07, 6.45) is -4.78. The minimum atomic E-state index is -4.78. The van der Waals surface area contributed by atoms with Gasteiger partial charge in [0.25, 0.3) is 0 Å². The lowest BCUT2D eigenvalue weighted by Crippen LogP contribution is -2.16. The summed E-state index contributed by atoms with van der Waals surface area (Å²) in [6.45, 7) is 0. The van der Waals surface area contributed by atoms with Gasteiger partial charge in [-0.2, -0.15) is 10.3 Å². The summed E-state index contributed by atoms with van der Waals surface area (Å²) in [5, 5.41) is 18.0. The molecule has 100 valence electrons. The van der Waals surface area contributed by atoms with E-state index in [2.05, 4.69) is 20.1 Å². The molecule has 2 aromatic rings. The zero-order chi connectivity index (χ0) is 14.0. The average molecular weight is 273 g/mol. The largest absolute Gasteiger partial charge is 0.573 e. The van der Waals surface area contributed by atoms with E-state index in [1.165, 1.54) is 12.1 Å². The molecule has 0 aliphatic heterocycles. The number of alkyl halides is 3. The number of rotatable bonds is 3. The van der Waals surface area contributed by atoms with Crippen LogP contribution in [-0.2, 0) is 0 Å². The van der Waals surface area contributed by atoms with Crippen LogP contribution in [0.3, 0.4) is 0 Å². The Balaban J connectivity index is 2.28. The van der Waals surface area contributed by atoms with Crippen molar-refractivity contribution < 1.29 is 27.8 Å². The molecule has 19 heavy (non-hydrogen) atoms. The molecule has 0 unspecified atom stereocenters. The van der Waals surface area contributed by atoms with Gasteiger partial charge in [-0.25, -0.2) is 4.79 Å². The van der Waals surface area contributed by atoms with E-state index in [4.69, 9.17) is 5.11 Å². The number of hydrogen-bond acceptors (Lipinski definition) is 4. The fraction of sp³-hybridized carbons (Fsp3) is 0.100. The molecular formula is C10H6F3N3O3. The quantitative estimate of drug-likeness (QED) is 0.893. The summed E-state index contributed by atoms with van der Waals surface area (Å²) in [5.41, 5.74) is 0.0243. The molecule has 2 N–H and O–H groups in total. The van der Waals surface area contributed by atoms with Gasteiger partial charge >= 0.3 is 12.3 Å². The third-order valence-corrected chi connectivity index (χ3v) is 2.11. The molecule has 0 amide bonds. The summed E-state index contributed by atoms with van der Waals surface area (Å²) in [4.78, 5) is 10.8. The van der Waals surface area contributed by atoms with Crippen LogP contribution < -0.4 is 4.74 Å². The standard InChI is InChI=1S/C10H6F3N3O3/c11-10(12,13)19-6-3-1-5(2-4-6)7-8(9(17)18)15-16-14-7/h1-4H,(H,17,18)(H,14,15,16). The number of H-pyrrole nitrogens is 1. The van der Waals surface area contributed by atoms with Crippen molar-refractivity contribution in [3.8, 4) is 17.0 Å². The first-order valence-electron chi connectivity index (χ1n) is 4.87. The number of carboxylic acids is 1. The van der Waals surface area contributed by atoms with E-state index >= 15 is 0 Å². The number of aromatic carboxylic acids is 1. The zero-order valence-corrected chi connectivity index (χ0v) is 9.10. The normalized spacial score (nSPS) is 11.3. The number of ether oxygens (including phenoxy) is 1. The smallest absolute Gasteiger partial charge is 0.476 e. The van der Waals surface area contributed by atoms with E-state index in [0.29, 0.717) is 5.56 Å². The van der Waals surface area contributed by atoms with Gasteiger partial charge < -0.3 is 9.84 Å². The Labute approximate surface area is 103 Å². The van der Waals surface area contributed by atoms with Crippen LogP contribution in [0.1, 0.15) is 10.5 Å². The highest BCUT2D eigenvalue weighted by molar-refractivity contribution is 5.92. The fourth-order valence-electron chi connectivity index (χ4n) is 1.40. The number of benzene rings is 1. The molecule has 0 spiro atoms. The summed E-state index contributed by atoms with van der Waals surface area (Å²) >= 11 is 0. The van der Waals surface area contributed by atoms with Crippen molar-refractivity contribution in [1.29, 1.82) is 0 Å². The lowest BCUT2D eigenvalue weighted by Gasteiger charge is -2.08. The van der Waals surface area contributed by atoms with Crippen LogP contribution in [0.4, 0.5) is 13.2 Å². The molecule has 0 saturated carbocycles. The maximum atomic E-state index is 12.0. The number of nitrogens with zero attached hydrogens (tertiary/aromatic N) is 2. The molecule has 0 aliphatic carbocycles. The second kappa shape index (κ2) is 4.59. The summed E-state index contributed by atoms with van der Waals surface area (Å²) in [7, 11) is 0. The molecule has 1 aromatic heterocycles. The first-order chi connectivity index (χ1) is 8.87. The number of carboxylic acid groups (broad SMARTS) is 1. The van der Waals surface area contributed by atoms with Crippen molar-refractivity contribution >= 4 is 5.97 Å². The predicted octanol–water partition coefficient (Wildman–Crippen LogP) is 2.07. The van der Waals surface area contributed by atoms with Gasteiger partial charge in [0.05, 0.1) is 0 Å². The molecule has 6 nitrogen and oxygen atoms in total. The molecule has 0 saturated heterocycles. The van der Waals surface area contributed by atoms with Gasteiger partial charge in [0, 0.05) is 5.56 Å². The second-order valence-electron chi connectivity index (χ2n) is 3.40. The summed E-state index contributed by atoms with van der Waals surface area (Å²) in [5.74, 6) is -1.70. The van der Waals surface area contributed by atoms with Crippen molar-refractivity contribution in [2.75, 3.05) is 0 Å². The summed E-state index contributed by atoms with van der Waals surface area (Å²) < 4.78 is 39.6. The molecule has 9 heteroatoms. The Morgan fingerprint density at radius 2 is 1.84 bits per heavy atom. The van der Waals surface area contributed by atoms with Gasteiger partial charge in [0.2, 0.25) is 0 Å². The SMILES string of the molecule is O=C(O)c1n[nH]nc1-c1ccc(OC(F)(F)F)cc1. The van der Waals surface area contributed by atoms with Crippen molar-refractivity contribution in [2.24, 2.45) is 0 Å². The Morgan fingerprint density at radius 1 is 1.21 bits per heavy atom. The molecule has 0 radical (unpaired) electrons. The second-order valence-corrected chi connectivity index (χ2v) is 3.40. The molecule has 0 atom stereocenters. The van der Waals surface area contributed by atoms with E-state index in [0.717, 1.165) is 12.1 Å². The van der Waals surface area contributed by atoms with Crippen molar-refractivity contribution in [2.45, 2.75) is 6.36 Å². The lowest BCUT2D eigenvalue weighted by molar-refractivity contribution is -0.274. The highest BCUT2D eigenvalue weighted by atomic mass is 19.4. The lowest BCUT2D eigenvalue weighted by atomic mass is 10.1. The van der Waals surface area contributed by atoms with Gasteiger partial charge in [-0.3, -0.25) is 0 Å². The van der Waals surface area contributed by atoms with Crippen molar-refractivity contribution in [1.82, 2.24) is 15.4 Å². The first kappa shape index (κ1) is 12.9. The number of aromatic amines is 1. The van der Waals surface area contributed by atoms with E-state index in [1.54, 1.807) is 0 Å². The molecule has 0 aliphatic rings. The monoisotopic (exact) mass is 273 g/mol. The molecule has 0 fully saturated rings. The number of carbonyl (C=O) groups is 1. The van der Waals surface area contributed by atoms with Gasteiger partial charge in [-0.15, -0.1) is 18.3 Å². The number of aromatic nitrogens is 3. The zero-order valence-electron chi connectivity index (χ0n) is 9.10. The van der Waals surface area contributed by atoms with Gasteiger partial charge in [0.15, 0.2) is 5.69 Å². The minimum Gasteiger partial charge on any atom is -0.476 e. The molecule has 1 heterocycles. The maximum Gasteiger partial charge on any atom is 0.573 e. The average Bonchev–Trinajstić information content (AvgIpc) is 2.76. The number of halogens is 3. The molecular weight excluding hydrogens is 267 g/mol. The highest BCUT2D eigenvalue weighted by Gasteiger charge is 2.31. The van der Waals surface area contributed by atoms with Crippen LogP contribution in [0.5, 0.6) is 5.75 Å². The van der Waals surface area contributed by atoms with Gasteiger partial charge in [-0.05, 0) is 24.3 Å². The van der Waals surface area contributed by atoms with Crippen LogP contribution in [0, 0.1) is 0 Å². The number of hydrogen-bond donors (Lipinski definition) is 2. The van der Waals surface area contributed by atoms with Crippen LogP contribution in [0.2, 0.25) is 0 Å². The van der Waals surface area contributed by atoms with Crippen LogP contribution in [0.15, 0.2) is 24.3 Å². The third kappa shape index (κ3) is 3.00. The molecule has 2 rings (SSSR count). The Bertz CT molecular complexity index is 592. The maximum absolute atomic E-state index is 12.0. The van der Waals surface area contributed by atoms with E-state index in [-0.39, 0.29) is 11.4 Å². The fourth-order valence-corrected chi connectivity index (χ4v) is 1.40. The van der Waals surface area contributed by atoms with Crippen molar-refractivity contribution in [3.05, 3.63) is 30.0 Å². The van der Waals surface area contributed by atoms with Gasteiger partial charge in [-0.1, -0.05) is 0 Å². The van der Waals surface area contributed by atoms with E-state index in [9.17, 15) is 18.0 Å². The Morgan fingerprint density at radius 3 is 2.37 bits per heavy atom. The third-order valence-electron chi connectivity index (χ3n) is 2.11. The Hall–Kier alpha value is -2.58.